The lowest BCUT2D eigenvalue weighted by Crippen LogP contribution is -2.36. The van der Waals surface area contributed by atoms with Crippen molar-refractivity contribution in [1.82, 2.24) is 10.2 Å². The lowest BCUT2D eigenvalue weighted by Gasteiger charge is -2.18. The van der Waals surface area contributed by atoms with Gasteiger partial charge in [0.15, 0.2) is 11.5 Å². The van der Waals surface area contributed by atoms with Gasteiger partial charge in [-0.2, -0.15) is 0 Å². The van der Waals surface area contributed by atoms with Crippen molar-refractivity contribution in [3.8, 4) is 11.5 Å². The van der Waals surface area contributed by atoms with E-state index in [1.54, 1.807) is 31.2 Å². The van der Waals surface area contributed by atoms with Crippen molar-refractivity contribution in [3.05, 3.63) is 23.8 Å². The Bertz CT molecular complexity index is 437. The van der Waals surface area contributed by atoms with Crippen LogP contribution in [0.1, 0.15) is 5.56 Å². The summed E-state index contributed by atoms with van der Waals surface area (Å²) in [5.41, 5.74) is 0.844. The Hall–Kier alpha value is -1.79. The van der Waals surface area contributed by atoms with Crippen molar-refractivity contribution < 1.29 is 19.4 Å². The molecule has 0 heterocycles. The van der Waals surface area contributed by atoms with Gasteiger partial charge in [0.05, 0.1) is 20.3 Å². The predicted octanol–water partition coefficient (Wildman–Crippen LogP) is 0.595. The number of hydrogen-bond acceptors (Lipinski definition) is 5. The number of methoxy groups -OCH3 is 2. The molecule has 0 aliphatic rings. The van der Waals surface area contributed by atoms with E-state index < -0.39 is 0 Å². The normalized spacial score (nSPS) is 10.3. The number of rotatable bonds is 8. The molecule has 1 aromatic carbocycles. The van der Waals surface area contributed by atoms with Gasteiger partial charge in [-0.05, 0) is 17.7 Å². The number of phenolic OH excluding ortho intramolecular Hbond substituents is 1. The molecule has 0 atom stereocenters. The Kier molecular flexibility index (Phi) is 6.83. The summed E-state index contributed by atoms with van der Waals surface area (Å²) in [7, 11) is 4.84. The summed E-state index contributed by atoms with van der Waals surface area (Å²) in [5, 5.41) is 12.7. The molecule has 6 heteroatoms. The largest absolute Gasteiger partial charge is 0.504 e. The van der Waals surface area contributed by atoms with Crippen LogP contribution >= 0.6 is 0 Å². The van der Waals surface area contributed by atoms with E-state index in [-0.39, 0.29) is 18.2 Å². The second-order valence-corrected chi connectivity index (χ2v) is 4.43. The van der Waals surface area contributed by atoms with Gasteiger partial charge in [-0.15, -0.1) is 0 Å². The number of amides is 1. The van der Waals surface area contributed by atoms with E-state index in [1.165, 1.54) is 7.11 Å². The lowest BCUT2D eigenvalue weighted by atomic mass is 10.2. The average molecular weight is 282 g/mol. The third-order valence-corrected chi connectivity index (χ3v) is 2.85. The van der Waals surface area contributed by atoms with Crippen molar-refractivity contribution in [3.63, 3.8) is 0 Å². The monoisotopic (exact) mass is 282 g/mol. The Morgan fingerprint density at radius 3 is 2.75 bits per heavy atom. The minimum Gasteiger partial charge on any atom is -0.504 e. The van der Waals surface area contributed by atoms with Crippen LogP contribution in [0.4, 0.5) is 0 Å². The van der Waals surface area contributed by atoms with Gasteiger partial charge in [-0.25, -0.2) is 0 Å². The zero-order valence-corrected chi connectivity index (χ0v) is 12.2. The summed E-state index contributed by atoms with van der Waals surface area (Å²) in [5.74, 6) is 0.476. The van der Waals surface area contributed by atoms with Crippen LogP contribution < -0.4 is 10.1 Å². The van der Waals surface area contributed by atoms with Crippen molar-refractivity contribution in [2.24, 2.45) is 0 Å². The Labute approximate surface area is 119 Å². The van der Waals surface area contributed by atoms with Crippen LogP contribution in [-0.2, 0) is 16.1 Å². The highest BCUT2D eigenvalue weighted by Gasteiger charge is 2.10. The third-order valence-electron chi connectivity index (χ3n) is 2.85. The Balaban J connectivity index is 2.46. The Morgan fingerprint density at radius 1 is 1.40 bits per heavy atom. The summed E-state index contributed by atoms with van der Waals surface area (Å²) in [6.45, 7) is 1.91. The number of nitrogens with one attached hydrogen (secondary N) is 1. The zero-order chi connectivity index (χ0) is 15.0. The fourth-order valence-electron chi connectivity index (χ4n) is 1.70. The standard InChI is InChI=1S/C14H22N2O4/c1-16(14(18)9-15-6-7-19-2)10-11-4-5-13(20-3)12(17)8-11/h4-5,8,15,17H,6-7,9-10H2,1-3H3. The van der Waals surface area contributed by atoms with E-state index in [9.17, 15) is 9.90 Å². The number of ether oxygens (including phenoxy) is 2. The van der Waals surface area contributed by atoms with Gasteiger partial charge < -0.3 is 24.8 Å². The zero-order valence-electron chi connectivity index (χ0n) is 12.2. The van der Waals surface area contributed by atoms with Gasteiger partial charge in [0.1, 0.15) is 0 Å². The van der Waals surface area contributed by atoms with Crippen LogP contribution in [0.2, 0.25) is 0 Å². The SMILES string of the molecule is COCCNCC(=O)N(C)Cc1ccc(OC)c(O)c1. The summed E-state index contributed by atoms with van der Waals surface area (Å²) in [4.78, 5) is 13.5. The first-order chi connectivity index (χ1) is 9.58. The van der Waals surface area contributed by atoms with Gasteiger partial charge in [-0.3, -0.25) is 4.79 Å². The molecule has 0 unspecified atom stereocenters. The second-order valence-electron chi connectivity index (χ2n) is 4.43. The number of benzene rings is 1. The van der Waals surface area contributed by atoms with Gasteiger partial charge in [0, 0.05) is 27.2 Å². The van der Waals surface area contributed by atoms with E-state index in [4.69, 9.17) is 9.47 Å². The molecule has 6 nitrogen and oxygen atoms in total. The van der Waals surface area contributed by atoms with Crippen molar-refractivity contribution in [2.45, 2.75) is 6.54 Å². The van der Waals surface area contributed by atoms with E-state index in [0.29, 0.717) is 25.4 Å². The minimum atomic E-state index is -0.0172. The number of hydrogen-bond donors (Lipinski definition) is 2. The number of aromatic hydroxyl groups is 1. The maximum atomic E-state index is 11.9. The van der Waals surface area contributed by atoms with Crippen LogP contribution in [0.25, 0.3) is 0 Å². The molecule has 0 saturated carbocycles. The maximum Gasteiger partial charge on any atom is 0.236 e. The molecule has 0 aliphatic heterocycles. The van der Waals surface area contributed by atoms with Crippen molar-refractivity contribution >= 4 is 5.91 Å². The summed E-state index contributed by atoms with van der Waals surface area (Å²) >= 11 is 0. The van der Waals surface area contributed by atoms with E-state index in [2.05, 4.69) is 5.32 Å². The molecular weight excluding hydrogens is 260 g/mol. The molecule has 0 aromatic heterocycles. The van der Waals surface area contributed by atoms with E-state index in [1.807, 2.05) is 6.07 Å². The van der Waals surface area contributed by atoms with Gasteiger partial charge in [0.25, 0.3) is 0 Å². The topological polar surface area (TPSA) is 71.0 Å². The molecular formula is C14H22N2O4. The number of likely N-dealkylation sites (N-methyl/N-ethyl adjacent to an activating group) is 1. The fraction of sp³-hybridized carbons (Fsp3) is 0.500. The number of nitrogens with zero attached hydrogens (tertiary/aromatic N) is 1. The molecule has 0 saturated heterocycles. The van der Waals surface area contributed by atoms with Crippen LogP contribution in [0.3, 0.4) is 0 Å². The van der Waals surface area contributed by atoms with Crippen LogP contribution in [0.5, 0.6) is 11.5 Å². The first kappa shape index (κ1) is 16.3. The molecule has 112 valence electrons. The van der Waals surface area contributed by atoms with Crippen LogP contribution in [-0.4, -0.2) is 56.9 Å². The summed E-state index contributed by atoms with van der Waals surface area (Å²) in [6, 6.07) is 5.10. The fourth-order valence-corrected chi connectivity index (χ4v) is 1.70. The average Bonchev–Trinajstić information content (AvgIpc) is 2.43. The maximum absolute atomic E-state index is 11.9. The molecule has 1 rings (SSSR count). The number of carbonyl (C=O) groups is 1. The highest BCUT2D eigenvalue weighted by Crippen LogP contribution is 2.26. The summed E-state index contributed by atoms with van der Waals surface area (Å²) < 4.78 is 9.86. The molecule has 0 bridgehead atoms. The van der Waals surface area contributed by atoms with Crippen LogP contribution in [0.15, 0.2) is 18.2 Å². The highest BCUT2D eigenvalue weighted by molar-refractivity contribution is 5.78. The van der Waals surface area contributed by atoms with Crippen LogP contribution in [0, 0.1) is 0 Å². The Morgan fingerprint density at radius 2 is 2.15 bits per heavy atom. The number of phenols is 1. The molecule has 2 N–H and O–H groups in total. The van der Waals surface area contributed by atoms with Gasteiger partial charge in [0.2, 0.25) is 5.91 Å². The number of carbonyl (C=O) groups excluding carboxylic acids is 1. The molecule has 0 spiro atoms. The van der Waals surface area contributed by atoms with E-state index in [0.717, 1.165) is 5.56 Å². The van der Waals surface area contributed by atoms with Crippen molar-refractivity contribution in [2.75, 3.05) is 41.0 Å². The first-order valence-electron chi connectivity index (χ1n) is 6.38. The predicted molar refractivity (Wildman–Crippen MR) is 75.9 cm³/mol. The summed E-state index contributed by atoms with van der Waals surface area (Å²) in [6.07, 6.45) is 0. The molecule has 0 radical (unpaired) electrons. The molecule has 1 aromatic rings. The van der Waals surface area contributed by atoms with E-state index >= 15 is 0 Å². The highest BCUT2D eigenvalue weighted by atomic mass is 16.5. The minimum absolute atomic E-state index is 0.0172. The quantitative estimate of drug-likeness (QED) is 0.683. The van der Waals surface area contributed by atoms with Gasteiger partial charge >= 0.3 is 0 Å². The lowest BCUT2D eigenvalue weighted by molar-refractivity contribution is -0.129. The molecule has 0 aliphatic carbocycles. The molecule has 20 heavy (non-hydrogen) atoms. The van der Waals surface area contributed by atoms with Crippen molar-refractivity contribution in [1.29, 1.82) is 0 Å². The first-order valence-corrected chi connectivity index (χ1v) is 6.38. The van der Waals surface area contributed by atoms with Gasteiger partial charge in [-0.1, -0.05) is 6.07 Å². The second kappa shape index (κ2) is 8.39. The molecule has 0 fully saturated rings. The third kappa shape index (κ3) is 5.07. The molecule has 1 amide bonds. The smallest absolute Gasteiger partial charge is 0.236 e.